The molecular formula is C27H56FN3O4. The molecule has 0 fully saturated rings. The SMILES string of the molecule is CCCCCC(C)NCCOCCNCCOCCOC(C)(C)C(F)CNC(=O)C(C)CCCC. The Kier molecular flexibility index (Phi) is 21.9. The Hall–Kier alpha value is -0.800. The molecule has 3 N–H and O–H groups in total. The van der Waals surface area contributed by atoms with Crippen molar-refractivity contribution in [3.8, 4) is 0 Å². The maximum absolute atomic E-state index is 14.6. The molecule has 7 nitrogen and oxygen atoms in total. The smallest absolute Gasteiger partial charge is 0.222 e. The van der Waals surface area contributed by atoms with Crippen molar-refractivity contribution in [3.05, 3.63) is 0 Å². The van der Waals surface area contributed by atoms with Crippen molar-refractivity contribution < 1.29 is 23.4 Å². The fraction of sp³-hybridized carbons (Fsp3) is 0.963. The van der Waals surface area contributed by atoms with Gasteiger partial charge in [0.1, 0.15) is 6.17 Å². The number of amides is 1. The second kappa shape index (κ2) is 22.4. The topological polar surface area (TPSA) is 80.8 Å². The molecule has 3 atom stereocenters. The molecule has 0 spiro atoms. The van der Waals surface area contributed by atoms with Crippen LogP contribution in [0, 0.1) is 5.92 Å². The van der Waals surface area contributed by atoms with Crippen molar-refractivity contribution >= 4 is 5.91 Å². The fourth-order valence-corrected chi connectivity index (χ4v) is 3.50. The number of ether oxygens (including phenoxy) is 3. The van der Waals surface area contributed by atoms with Crippen LogP contribution in [0.15, 0.2) is 0 Å². The molecule has 0 aliphatic rings. The molecule has 35 heavy (non-hydrogen) atoms. The summed E-state index contributed by atoms with van der Waals surface area (Å²) >= 11 is 0. The lowest BCUT2D eigenvalue weighted by Crippen LogP contribution is -2.45. The third-order valence-corrected chi connectivity index (χ3v) is 6.18. The lowest BCUT2D eigenvalue weighted by Gasteiger charge is -2.29. The molecule has 0 saturated carbocycles. The van der Waals surface area contributed by atoms with E-state index in [1.165, 1.54) is 25.7 Å². The van der Waals surface area contributed by atoms with Crippen molar-refractivity contribution in [2.45, 2.75) is 104 Å². The van der Waals surface area contributed by atoms with E-state index < -0.39 is 11.8 Å². The van der Waals surface area contributed by atoms with Crippen LogP contribution in [-0.4, -0.2) is 82.9 Å². The molecule has 0 rings (SSSR count). The molecule has 0 radical (unpaired) electrons. The minimum atomic E-state index is -1.29. The predicted octanol–water partition coefficient (Wildman–Crippen LogP) is 4.24. The van der Waals surface area contributed by atoms with Gasteiger partial charge in [0, 0.05) is 31.6 Å². The summed E-state index contributed by atoms with van der Waals surface area (Å²) in [5, 5.41) is 9.49. The highest BCUT2D eigenvalue weighted by atomic mass is 19.1. The van der Waals surface area contributed by atoms with Gasteiger partial charge in [-0.25, -0.2) is 4.39 Å². The summed E-state index contributed by atoms with van der Waals surface area (Å²) in [7, 11) is 0. The van der Waals surface area contributed by atoms with Crippen molar-refractivity contribution in [1.82, 2.24) is 16.0 Å². The highest BCUT2D eigenvalue weighted by Gasteiger charge is 2.31. The number of unbranched alkanes of at least 4 members (excludes halogenated alkanes) is 3. The van der Waals surface area contributed by atoms with E-state index in [9.17, 15) is 9.18 Å². The molecule has 3 unspecified atom stereocenters. The van der Waals surface area contributed by atoms with Gasteiger partial charge in [-0.2, -0.15) is 0 Å². The van der Waals surface area contributed by atoms with Crippen LogP contribution in [0.1, 0.15) is 86.5 Å². The third-order valence-electron chi connectivity index (χ3n) is 6.18. The van der Waals surface area contributed by atoms with E-state index in [0.29, 0.717) is 32.5 Å². The normalized spacial score (nSPS) is 14.6. The maximum atomic E-state index is 14.6. The van der Waals surface area contributed by atoms with E-state index in [4.69, 9.17) is 14.2 Å². The van der Waals surface area contributed by atoms with Crippen LogP contribution >= 0.6 is 0 Å². The van der Waals surface area contributed by atoms with Crippen molar-refractivity contribution in [1.29, 1.82) is 0 Å². The van der Waals surface area contributed by atoms with Crippen LogP contribution in [0.3, 0.4) is 0 Å². The van der Waals surface area contributed by atoms with Gasteiger partial charge >= 0.3 is 0 Å². The molecule has 0 aromatic carbocycles. The molecule has 0 bridgehead atoms. The maximum Gasteiger partial charge on any atom is 0.222 e. The Morgan fingerprint density at radius 3 is 2.14 bits per heavy atom. The molecule has 0 saturated heterocycles. The Bertz CT molecular complexity index is 497. The second-order valence-corrected chi connectivity index (χ2v) is 10.0. The first kappa shape index (κ1) is 34.2. The lowest BCUT2D eigenvalue weighted by molar-refractivity contribution is -0.126. The van der Waals surface area contributed by atoms with Crippen molar-refractivity contribution in [2.24, 2.45) is 5.92 Å². The Labute approximate surface area is 215 Å². The summed E-state index contributed by atoms with van der Waals surface area (Å²) in [5.74, 6) is -0.187. The lowest BCUT2D eigenvalue weighted by atomic mass is 10.0. The van der Waals surface area contributed by atoms with Gasteiger partial charge < -0.3 is 30.2 Å². The molecule has 0 aliphatic carbocycles. The van der Waals surface area contributed by atoms with Gasteiger partial charge in [-0.15, -0.1) is 0 Å². The fourth-order valence-electron chi connectivity index (χ4n) is 3.50. The molecule has 210 valence electrons. The molecule has 0 aliphatic heterocycles. The van der Waals surface area contributed by atoms with E-state index in [0.717, 1.165) is 45.5 Å². The van der Waals surface area contributed by atoms with E-state index in [2.05, 4.69) is 36.7 Å². The Morgan fingerprint density at radius 1 is 0.857 bits per heavy atom. The quantitative estimate of drug-likeness (QED) is 0.161. The van der Waals surface area contributed by atoms with Gasteiger partial charge in [0.15, 0.2) is 0 Å². The molecule has 0 aromatic rings. The monoisotopic (exact) mass is 505 g/mol. The molecule has 1 amide bonds. The standard InChI is InChI=1S/C27H56FN3O4/c1-7-9-11-13-24(4)30-16-19-33-17-14-29-15-18-34-20-21-35-27(5,6)25(28)22-31-26(32)23(3)12-10-8-2/h23-25,29-30H,7-22H2,1-6H3,(H,31,32). The van der Waals surface area contributed by atoms with Crippen LogP contribution in [0.4, 0.5) is 4.39 Å². The predicted molar refractivity (Wildman–Crippen MR) is 143 cm³/mol. The van der Waals surface area contributed by atoms with E-state index in [1.54, 1.807) is 13.8 Å². The van der Waals surface area contributed by atoms with Gasteiger partial charge in [0.25, 0.3) is 0 Å². The third kappa shape index (κ3) is 20.0. The van der Waals surface area contributed by atoms with Gasteiger partial charge in [-0.05, 0) is 33.6 Å². The van der Waals surface area contributed by atoms with Gasteiger partial charge in [0.2, 0.25) is 5.91 Å². The largest absolute Gasteiger partial charge is 0.379 e. The first-order chi connectivity index (χ1) is 16.7. The minimum absolute atomic E-state index is 0.0385. The zero-order valence-corrected chi connectivity index (χ0v) is 23.6. The zero-order valence-electron chi connectivity index (χ0n) is 23.6. The number of halogens is 1. The van der Waals surface area contributed by atoms with Crippen LogP contribution in [0.25, 0.3) is 0 Å². The van der Waals surface area contributed by atoms with E-state index >= 15 is 0 Å². The highest BCUT2D eigenvalue weighted by molar-refractivity contribution is 5.78. The summed E-state index contributed by atoms with van der Waals surface area (Å²) in [6.45, 7) is 16.9. The summed E-state index contributed by atoms with van der Waals surface area (Å²) in [5.41, 5.74) is -0.985. The molecule has 8 heteroatoms. The average Bonchev–Trinajstić information content (AvgIpc) is 2.83. The molecule has 0 aromatic heterocycles. The number of alkyl halides is 1. The summed E-state index contributed by atoms with van der Waals surface area (Å²) in [6.07, 6.45) is 6.68. The minimum Gasteiger partial charge on any atom is -0.379 e. The molecule has 0 heterocycles. The summed E-state index contributed by atoms with van der Waals surface area (Å²) in [4.78, 5) is 12.1. The second-order valence-electron chi connectivity index (χ2n) is 10.0. The Morgan fingerprint density at radius 2 is 1.49 bits per heavy atom. The van der Waals surface area contributed by atoms with Gasteiger partial charge in [-0.1, -0.05) is 52.9 Å². The van der Waals surface area contributed by atoms with Crippen LogP contribution < -0.4 is 16.0 Å². The number of nitrogens with one attached hydrogen (secondary N) is 3. The zero-order chi connectivity index (χ0) is 26.4. The number of hydrogen-bond donors (Lipinski definition) is 3. The first-order valence-electron chi connectivity index (χ1n) is 13.9. The highest BCUT2D eigenvalue weighted by Crippen LogP contribution is 2.18. The number of rotatable bonds is 25. The summed E-state index contributed by atoms with van der Waals surface area (Å²) in [6, 6.07) is 0.552. The van der Waals surface area contributed by atoms with E-state index in [1.807, 2.05) is 6.92 Å². The van der Waals surface area contributed by atoms with Gasteiger partial charge in [0.05, 0.1) is 45.2 Å². The number of carbonyl (C=O) groups excluding carboxylic acids is 1. The Balaban J connectivity index is 3.61. The average molecular weight is 506 g/mol. The van der Waals surface area contributed by atoms with Crippen LogP contribution in [0.5, 0.6) is 0 Å². The van der Waals surface area contributed by atoms with Gasteiger partial charge in [-0.3, -0.25) is 4.79 Å². The van der Waals surface area contributed by atoms with E-state index in [-0.39, 0.29) is 18.4 Å². The van der Waals surface area contributed by atoms with Crippen molar-refractivity contribution in [2.75, 3.05) is 59.2 Å². The first-order valence-corrected chi connectivity index (χ1v) is 13.9. The van der Waals surface area contributed by atoms with Crippen LogP contribution in [0.2, 0.25) is 0 Å². The number of hydrogen-bond acceptors (Lipinski definition) is 6. The summed E-state index contributed by atoms with van der Waals surface area (Å²) < 4.78 is 31.4. The molecular weight excluding hydrogens is 449 g/mol. The van der Waals surface area contributed by atoms with Crippen LogP contribution in [-0.2, 0) is 19.0 Å². The van der Waals surface area contributed by atoms with Crippen molar-refractivity contribution in [3.63, 3.8) is 0 Å². The number of carbonyl (C=O) groups is 1.